The van der Waals surface area contributed by atoms with Crippen LogP contribution in [0.25, 0.3) is 0 Å². The van der Waals surface area contributed by atoms with E-state index in [2.05, 4.69) is 10.2 Å². The highest BCUT2D eigenvalue weighted by Gasteiger charge is 2.09. The van der Waals surface area contributed by atoms with Gasteiger partial charge in [-0.3, -0.25) is 0 Å². The fraction of sp³-hybridized carbons (Fsp3) is 0.571. The van der Waals surface area contributed by atoms with Crippen LogP contribution in [-0.2, 0) is 6.42 Å². The van der Waals surface area contributed by atoms with E-state index in [1.165, 1.54) is 12.5 Å². The highest BCUT2D eigenvalue weighted by molar-refractivity contribution is 6.30. The second-order valence-corrected chi connectivity index (χ2v) is 5.22. The van der Waals surface area contributed by atoms with Crippen molar-refractivity contribution in [2.75, 3.05) is 32.7 Å². The molecule has 0 saturated carbocycles. The zero-order valence-corrected chi connectivity index (χ0v) is 11.3. The van der Waals surface area contributed by atoms with Crippen LogP contribution in [0, 0.1) is 5.82 Å². The van der Waals surface area contributed by atoms with Crippen molar-refractivity contribution in [2.24, 2.45) is 0 Å². The van der Waals surface area contributed by atoms with Crippen molar-refractivity contribution in [3.63, 3.8) is 0 Å². The van der Waals surface area contributed by atoms with E-state index in [1.54, 1.807) is 12.1 Å². The number of hydrogen-bond donors (Lipinski definition) is 1. The molecule has 0 unspecified atom stereocenters. The molecule has 0 amide bonds. The molecule has 18 heavy (non-hydrogen) atoms. The van der Waals surface area contributed by atoms with Gasteiger partial charge in [0.25, 0.3) is 0 Å². The number of hydrogen-bond acceptors (Lipinski definition) is 2. The summed E-state index contributed by atoms with van der Waals surface area (Å²) in [5, 5.41) is 4.00. The SMILES string of the molecule is Fc1ccc(Cl)cc1CCCN1CCCNCC1. The van der Waals surface area contributed by atoms with Crippen LogP contribution >= 0.6 is 11.6 Å². The van der Waals surface area contributed by atoms with E-state index in [9.17, 15) is 4.39 Å². The van der Waals surface area contributed by atoms with Crippen LogP contribution in [0.2, 0.25) is 5.02 Å². The Morgan fingerprint density at radius 2 is 2.17 bits per heavy atom. The summed E-state index contributed by atoms with van der Waals surface area (Å²) in [7, 11) is 0. The lowest BCUT2D eigenvalue weighted by Gasteiger charge is -2.19. The third-order valence-electron chi connectivity index (χ3n) is 3.36. The summed E-state index contributed by atoms with van der Waals surface area (Å²) >= 11 is 5.88. The molecule has 0 spiro atoms. The van der Waals surface area contributed by atoms with Crippen molar-refractivity contribution in [3.8, 4) is 0 Å². The first kappa shape index (κ1) is 13.8. The Kier molecular flexibility index (Phi) is 5.42. The normalized spacial score (nSPS) is 17.7. The van der Waals surface area contributed by atoms with Crippen molar-refractivity contribution in [3.05, 3.63) is 34.6 Å². The van der Waals surface area contributed by atoms with Crippen LogP contribution in [0.1, 0.15) is 18.4 Å². The highest BCUT2D eigenvalue weighted by Crippen LogP contribution is 2.16. The van der Waals surface area contributed by atoms with E-state index >= 15 is 0 Å². The minimum absolute atomic E-state index is 0.142. The van der Waals surface area contributed by atoms with Crippen LogP contribution < -0.4 is 5.32 Å². The molecule has 1 aliphatic heterocycles. The van der Waals surface area contributed by atoms with E-state index in [1.807, 2.05) is 0 Å². The predicted octanol–water partition coefficient (Wildman–Crippen LogP) is 2.71. The summed E-state index contributed by atoms with van der Waals surface area (Å²) in [6.45, 7) is 5.45. The van der Waals surface area contributed by atoms with E-state index in [0.717, 1.165) is 51.1 Å². The maximum absolute atomic E-state index is 13.5. The third kappa shape index (κ3) is 4.23. The van der Waals surface area contributed by atoms with Gasteiger partial charge in [0, 0.05) is 18.1 Å². The van der Waals surface area contributed by atoms with Gasteiger partial charge < -0.3 is 10.2 Å². The summed E-state index contributed by atoms with van der Waals surface area (Å²) in [5.41, 5.74) is 0.732. The van der Waals surface area contributed by atoms with Gasteiger partial charge in [-0.1, -0.05) is 11.6 Å². The molecule has 2 nitrogen and oxygen atoms in total. The first-order valence-electron chi connectivity index (χ1n) is 6.63. The molecule has 1 aromatic rings. The van der Waals surface area contributed by atoms with Gasteiger partial charge in [0.15, 0.2) is 0 Å². The van der Waals surface area contributed by atoms with Crippen molar-refractivity contribution in [1.29, 1.82) is 0 Å². The fourth-order valence-electron chi connectivity index (χ4n) is 2.35. The fourth-order valence-corrected chi connectivity index (χ4v) is 2.55. The lowest BCUT2D eigenvalue weighted by molar-refractivity contribution is 0.288. The Morgan fingerprint density at radius 1 is 1.28 bits per heavy atom. The Hall–Kier alpha value is -0.640. The summed E-state index contributed by atoms with van der Waals surface area (Å²) < 4.78 is 13.5. The molecule has 0 aromatic heterocycles. The molecule has 1 aliphatic rings. The summed E-state index contributed by atoms with van der Waals surface area (Å²) in [6.07, 6.45) is 2.94. The summed E-state index contributed by atoms with van der Waals surface area (Å²) in [6, 6.07) is 4.79. The van der Waals surface area contributed by atoms with Crippen LogP contribution in [0.3, 0.4) is 0 Å². The number of rotatable bonds is 4. The van der Waals surface area contributed by atoms with Crippen molar-refractivity contribution >= 4 is 11.6 Å². The van der Waals surface area contributed by atoms with Crippen LogP contribution in [-0.4, -0.2) is 37.6 Å². The third-order valence-corrected chi connectivity index (χ3v) is 3.60. The molecule has 1 saturated heterocycles. The first-order chi connectivity index (χ1) is 8.75. The summed E-state index contributed by atoms with van der Waals surface area (Å²) in [5.74, 6) is -0.142. The minimum Gasteiger partial charge on any atom is -0.315 e. The van der Waals surface area contributed by atoms with Gasteiger partial charge >= 0.3 is 0 Å². The first-order valence-corrected chi connectivity index (χ1v) is 7.00. The molecule has 0 atom stereocenters. The molecular weight excluding hydrogens is 251 g/mol. The Bertz CT molecular complexity index is 376. The lowest BCUT2D eigenvalue weighted by Crippen LogP contribution is -2.29. The molecule has 0 aliphatic carbocycles. The molecule has 1 aromatic carbocycles. The van der Waals surface area contributed by atoms with Gasteiger partial charge in [-0.15, -0.1) is 0 Å². The second kappa shape index (κ2) is 7.07. The van der Waals surface area contributed by atoms with Crippen LogP contribution in [0.15, 0.2) is 18.2 Å². The molecule has 0 bridgehead atoms. The van der Waals surface area contributed by atoms with Gasteiger partial charge in [-0.2, -0.15) is 0 Å². The molecule has 0 radical (unpaired) electrons. The van der Waals surface area contributed by atoms with Gasteiger partial charge in [0.05, 0.1) is 0 Å². The van der Waals surface area contributed by atoms with Gasteiger partial charge in [-0.25, -0.2) is 4.39 Å². The topological polar surface area (TPSA) is 15.3 Å². The molecule has 1 N–H and O–H groups in total. The van der Waals surface area contributed by atoms with E-state index < -0.39 is 0 Å². The smallest absolute Gasteiger partial charge is 0.126 e. The predicted molar refractivity (Wildman–Crippen MR) is 73.7 cm³/mol. The average molecular weight is 271 g/mol. The monoisotopic (exact) mass is 270 g/mol. The number of nitrogens with one attached hydrogen (secondary N) is 1. The largest absolute Gasteiger partial charge is 0.315 e. The second-order valence-electron chi connectivity index (χ2n) is 4.78. The number of benzene rings is 1. The number of nitrogens with zero attached hydrogens (tertiary/aromatic N) is 1. The van der Waals surface area contributed by atoms with Crippen LogP contribution in [0.4, 0.5) is 4.39 Å². The molecule has 100 valence electrons. The maximum atomic E-state index is 13.5. The quantitative estimate of drug-likeness (QED) is 0.905. The van der Waals surface area contributed by atoms with Crippen LogP contribution in [0.5, 0.6) is 0 Å². The van der Waals surface area contributed by atoms with Gasteiger partial charge in [0.1, 0.15) is 5.82 Å². The molecular formula is C14H20ClFN2. The molecule has 1 heterocycles. The van der Waals surface area contributed by atoms with Crippen molar-refractivity contribution in [2.45, 2.75) is 19.3 Å². The Morgan fingerprint density at radius 3 is 3.06 bits per heavy atom. The maximum Gasteiger partial charge on any atom is 0.126 e. The van der Waals surface area contributed by atoms with Gasteiger partial charge in [0.2, 0.25) is 0 Å². The average Bonchev–Trinajstić information content (AvgIpc) is 2.62. The zero-order chi connectivity index (χ0) is 12.8. The Labute approximate surface area is 113 Å². The van der Waals surface area contributed by atoms with E-state index in [4.69, 9.17) is 11.6 Å². The van der Waals surface area contributed by atoms with E-state index in [0.29, 0.717) is 5.02 Å². The standard InChI is InChI=1S/C14H20ClFN2/c15-13-4-5-14(16)12(11-13)3-1-8-18-9-2-6-17-7-10-18/h4-5,11,17H,1-3,6-10H2. The van der Waals surface area contributed by atoms with Crippen molar-refractivity contribution in [1.82, 2.24) is 10.2 Å². The van der Waals surface area contributed by atoms with E-state index in [-0.39, 0.29) is 5.82 Å². The summed E-state index contributed by atoms with van der Waals surface area (Å²) in [4.78, 5) is 2.45. The highest BCUT2D eigenvalue weighted by atomic mass is 35.5. The zero-order valence-electron chi connectivity index (χ0n) is 10.6. The lowest BCUT2D eigenvalue weighted by atomic mass is 10.1. The molecule has 4 heteroatoms. The van der Waals surface area contributed by atoms with Crippen molar-refractivity contribution < 1.29 is 4.39 Å². The molecule has 1 fully saturated rings. The van der Waals surface area contributed by atoms with Gasteiger partial charge in [-0.05, 0) is 62.7 Å². The minimum atomic E-state index is -0.142. The Balaban J connectivity index is 1.78. The number of halogens is 2. The molecule has 2 rings (SSSR count). The number of aryl methyl sites for hydroxylation is 1.